The summed E-state index contributed by atoms with van der Waals surface area (Å²) in [6.07, 6.45) is 0. The number of phenolic OH excluding ortho intramolecular Hbond substituents is 10. The highest BCUT2D eigenvalue weighted by atomic mass is 16.4. The third-order valence-electron chi connectivity index (χ3n) is 13.0. The Kier molecular flexibility index (Phi) is 9.60. The fourth-order valence-electron chi connectivity index (χ4n) is 9.53. The molecule has 3 heterocycles. The first-order valence-corrected chi connectivity index (χ1v) is 22.3. The molecule has 72 heavy (non-hydrogen) atoms. The molecule has 12 aromatic rings. The number of aromatic hydroxyl groups is 10. The van der Waals surface area contributed by atoms with E-state index in [4.69, 9.17) is 19.4 Å². The Bertz CT molecular complexity index is 4170. The van der Waals surface area contributed by atoms with Crippen LogP contribution in [0.25, 0.3) is 117 Å². The maximum Gasteiger partial charge on any atom is 0.208 e. The number of benzene rings is 9. The van der Waals surface area contributed by atoms with Crippen LogP contribution in [0.15, 0.2) is 162 Å². The van der Waals surface area contributed by atoms with E-state index in [1.807, 2.05) is 109 Å². The van der Waals surface area contributed by atoms with E-state index < -0.39 is 68.6 Å². The van der Waals surface area contributed by atoms with Gasteiger partial charge in [-0.05, 0) is 65.2 Å². The smallest absolute Gasteiger partial charge is 0.208 e. The van der Waals surface area contributed by atoms with Crippen LogP contribution in [-0.4, -0.2) is 70.6 Å². The average molecular weight is 953 g/mol. The Balaban J connectivity index is 1.07. The largest absolute Gasteiger partial charge is 0.504 e. The highest BCUT2D eigenvalue weighted by molar-refractivity contribution is 6.17. The number of rotatable bonds is 7. The topological polar surface area (TPSA) is 259 Å². The van der Waals surface area contributed by atoms with Crippen LogP contribution in [0.5, 0.6) is 57.5 Å². The minimum atomic E-state index is -1.20. The molecule has 0 spiro atoms. The summed E-state index contributed by atoms with van der Waals surface area (Å²) in [5.74, 6) is -9.78. The first-order chi connectivity index (χ1) is 34.9. The maximum absolute atomic E-state index is 11.4. The van der Waals surface area contributed by atoms with Crippen molar-refractivity contribution in [1.29, 1.82) is 0 Å². The van der Waals surface area contributed by atoms with Crippen LogP contribution < -0.4 is 0 Å². The molecule has 3 aromatic heterocycles. The third-order valence-corrected chi connectivity index (χ3v) is 13.0. The summed E-state index contributed by atoms with van der Waals surface area (Å²) in [7, 11) is 0. The second kappa shape index (κ2) is 16.1. The monoisotopic (exact) mass is 952 g/mol. The van der Waals surface area contributed by atoms with Crippen LogP contribution in [0.4, 0.5) is 0 Å². The summed E-state index contributed by atoms with van der Waals surface area (Å²) in [5.41, 5.74) is 5.24. The van der Waals surface area contributed by atoms with Crippen molar-refractivity contribution in [3.05, 3.63) is 158 Å². The summed E-state index contributed by atoms with van der Waals surface area (Å²) >= 11 is 0. The fourth-order valence-corrected chi connectivity index (χ4v) is 9.53. The minimum absolute atomic E-state index is 0.125. The van der Waals surface area contributed by atoms with Gasteiger partial charge in [0.1, 0.15) is 11.2 Å². The van der Waals surface area contributed by atoms with E-state index in [0.29, 0.717) is 61.6 Å². The summed E-state index contributed by atoms with van der Waals surface area (Å²) < 4.78 is 8.30. The quantitative estimate of drug-likeness (QED) is 0.0527. The molecule has 0 radical (unpaired) electrons. The number of hydrogen-bond donors (Lipinski definition) is 10. The first-order valence-electron chi connectivity index (χ1n) is 22.3. The van der Waals surface area contributed by atoms with E-state index >= 15 is 0 Å². The maximum atomic E-state index is 11.4. The van der Waals surface area contributed by atoms with Gasteiger partial charge in [0.2, 0.25) is 34.5 Å². The Hall–Kier alpha value is -10.4. The van der Waals surface area contributed by atoms with Crippen LogP contribution in [0.3, 0.4) is 0 Å². The lowest BCUT2D eigenvalue weighted by Gasteiger charge is -2.18. The molecule has 10 N–H and O–H groups in total. The van der Waals surface area contributed by atoms with E-state index in [0.717, 1.165) is 27.6 Å². The van der Waals surface area contributed by atoms with E-state index in [-0.39, 0.29) is 16.6 Å². The van der Waals surface area contributed by atoms with E-state index in [2.05, 4.69) is 0 Å². The number of para-hydroxylation sites is 1. The number of phenols is 10. The van der Waals surface area contributed by atoms with Gasteiger partial charge < -0.3 is 60.0 Å². The summed E-state index contributed by atoms with van der Waals surface area (Å²) in [6.45, 7) is 0. The number of fused-ring (bicyclic) bond motifs is 6. The van der Waals surface area contributed by atoms with Crippen LogP contribution in [-0.2, 0) is 0 Å². The summed E-state index contributed by atoms with van der Waals surface area (Å²) in [4.78, 5) is 15.0. The van der Waals surface area contributed by atoms with Gasteiger partial charge >= 0.3 is 0 Å². The van der Waals surface area contributed by atoms with Gasteiger partial charge in [-0.15, -0.1) is 0 Å². The lowest BCUT2D eigenvalue weighted by molar-refractivity contribution is 0.330. The Morgan fingerprint density at radius 1 is 0.319 bits per heavy atom. The molecule has 0 bridgehead atoms. The van der Waals surface area contributed by atoms with Gasteiger partial charge in [-0.2, -0.15) is 0 Å². The van der Waals surface area contributed by atoms with Gasteiger partial charge in [-0.1, -0.05) is 109 Å². The van der Waals surface area contributed by atoms with Gasteiger partial charge in [0.25, 0.3) is 0 Å². The highest BCUT2D eigenvalue weighted by Gasteiger charge is 2.31. The van der Waals surface area contributed by atoms with Crippen molar-refractivity contribution in [1.82, 2.24) is 19.5 Å². The second-order valence-electron chi connectivity index (χ2n) is 17.1. The molecule has 0 unspecified atom stereocenters. The van der Waals surface area contributed by atoms with Crippen LogP contribution >= 0.6 is 0 Å². The number of furan rings is 1. The Morgan fingerprint density at radius 2 is 0.861 bits per heavy atom. The molecule has 0 saturated carbocycles. The lowest BCUT2D eigenvalue weighted by Crippen LogP contribution is -2.01. The van der Waals surface area contributed by atoms with Crippen molar-refractivity contribution in [2.45, 2.75) is 0 Å². The van der Waals surface area contributed by atoms with Crippen molar-refractivity contribution >= 4 is 43.7 Å². The summed E-state index contributed by atoms with van der Waals surface area (Å²) in [5, 5.41) is 111. The Morgan fingerprint density at radius 3 is 1.53 bits per heavy atom. The number of aromatic nitrogens is 4. The minimum Gasteiger partial charge on any atom is -0.504 e. The molecule has 0 fully saturated rings. The molecule has 0 aliphatic heterocycles. The van der Waals surface area contributed by atoms with Crippen molar-refractivity contribution < 1.29 is 55.5 Å². The predicted octanol–water partition coefficient (Wildman–Crippen LogP) is 11.9. The van der Waals surface area contributed by atoms with E-state index in [1.165, 1.54) is 12.1 Å². The molecule has 0 atom stereocenters. The van der Waals surface area contributed by atoms with Crippen molar-refractivity contribution in [2.75, 3.05) is 0 Å². The molecule has 12 rings (SSSR count). The summed E-state index contributed by atoms with van der Waals surface area (Å²) in [6, 6.07) is 48.6. The van der Waals surface area contributed by atoms with Gasteiger partial charge in [-0.25, -0.2) is 15.0 Å². The SMILES string of the molecule is Oc1c(O)c(O)c(-c2cc(-c3c(O)c(O)c(O)c(O)c3O)c3c(c2)c2ccccc2n3-c2ccc3oc4cc(-c5nc(-c6ccccc6)nc(-c6ccccc6-c6ccccc6)n5)ccc4c3c2)c(O)c1O. The fraction of sp³-hybridized carbons (Fsp3) is 0. The second-order valence-corrected chi connectivity index (χ2v) is 17.1. The zero-order chi connectivity index (χ0) is 49.7. The van der Waals surface area contributed by atoms with Crippen molar-refractivity contribution in [3.8, 4) is 131 Å². The molecule has 0 aliphatic rings. The van der Waals surface area contributed by atoms with Crippen LogP contribution in [0.2, 0.25) is 0 Å². The van der Waals surface area contributed by atoms with Gasteiger partial charge in [-0.3, -0.25) is 0 Å². The molecule has 9 aromatic carbocycles. The predicted molar refractivity (Wildman–Crippen MR) is 271 cm³/mol. The van der Waals surface area contributed by atoms with Gasteiger partial charge in [0.05, 0.1) is 22.2 Å². The van der Waals surface area contributed by atoms with E-state index in [1.54, 1.807) is 41.0 Å². The standard InChI is InChI=1S/C57H36N4O11/c62-45-42(46(63)50(67)53(70)49(45)66)30-23-37-33-16-9-10-18-39(33)61(44(37)38(24-30)43-47(64)51(68)54(71)52(69)48(43)65)31-20-22-40-36(26-31)34-21-19-29(25-41(34)72-40)56-58-55(28-13-5-2-6-14-28)59-57(60-56)35-17-8-7-15-32(35)27-11-3-1-4-12-27/h1-26,62-71H. The zero-order valence-electron chi connectivity index (χ0n) is 37.2. The molecule has 0 amide bonds. The Labute approximate surface area is 405 Å². The zero-order valence-corrected chi connectivity index (χ0v) is 37.2. The molecular weight excluding hydrogens is 917 g/mol. The molecule has 0 aliphatic carbocycles. The molecule has 15 nitrogen and oxygen atoms in total. The van der Waals surface area contributed by atoms with Crippen molar-refractivity contribution in [2.24, 2.45) is 0 Å². The number of hydrogen-bond acceptors (Lipinski definition) is 14. The molecule has 0 saturated heterocycles. The molecule has 15 heteroatoms. The van der Waals surface area contributed by atoms with Crippen molar-refractivity contribution in [3.63, 3.8) is 0 Å². The van der Waals surface area contributed by atoms with Crippen LogP contribution in [0, 0.1) is 0 Å². The van der Waals surface area contributed by atoms with Gasteiger partial charge in [0, 0.05) is 49.5 Å². The van der Waals surface area contributed by atoms with Gasteiger partial charge in [0.15, 0.2) is 40.5 Å². The highest BCUT2D eigenvalue weighted by Crippen LogP contribution is 2.59. The normalized spacial score (nSPS) is 11.6. The first kappa shape index (κ1) is 42.9. The number of nitrogens with zero attached hydrogens (tertiary/aromatic N) is 4. The molecule has 350 valence electrons. The third kappa shape index (κ3) is 6.49. The van der Waals surface area contributed by atoms with E-state index in [9.17, 15) is 51.1 Å². The average Bonchev–Trinajstić information content (AvgIpc) is 3.96. The lowest BCUT2D eigenvalue weighted by atomic mass is 9.92. The van der Waals surface area contributed by atoms with Crippen LogP contribution in [0.1, 0.15) is 0 Å². The molecular formula is C57H36N4O11.